The van der Waals surface area contributed by atoms with Crippen LogP contribution in [-0.2, 0) is 18.6 Å². The van der Waals surface area contributed by atoms with Crippen LogP contribution in [-0.4, -0.2) is 30.2 Å². The molecule has 0 bridgehead atoms. The molecule has 2 unspecified atom stereocenters. The van der Waals surface area contributed by atoms with E-state index in [2.05, 4.69) is 87.4 Å². The molecule has 0 aromatic heterocycles. The van der Waals surface area contributed by atoms with Crippen LogP contribution in [0.15, 0.2) is 0 Å². The van der Waals surface area contributed by atoms with E-state index in [0.29, 0.717) is 0 Å². The molecule has 0 spiro atoms. The predicted molar refractivity (Wildman–Crippen MR) is 95.2 cm³/mol. The summed E-state index contributed by atoms with van der Waals surface area (Å²) in [5, 5.41) is 0. The average molecular weight is 362 g/mol. The molecule has 0 saturated carbocycles. The molecule has 1 aliphatic heterocycles. The summed E-state index contributed by atoms with van der Waals surface area (Å²) in [6.45, 7) is 1.72. The van der Waals surface area contributed by atoms with Crippen molar-refractivity contribution >= 4 is 13.6 Å². The van der Waals surface area contributed by atoms with E-state index >= 15 is 0 Å². The number of rotatable bonds is 2. The molecule has 126 valence electrons. The molecule has 1 aliphatic rings. The number of hydrogen-bond acceptors (Lipinski definition) is 4. The van der Waals surface area contributed by atoms with E-state index in [4.69, 9.17) is 4.74 Å². The molecule has 5 nitrogen and oxygen atoms in total. The fourth-order valence-corrected chi connectivity index (χ4v) is 2.85. The van der Waals surface area contributed by atoms with Gasteiger partial charge < -0.3 is 14.2 Å². The van der Waals surface area contributed by atoms with Gasteiger partial charge in [-0.25, -0.2) is 4.79 Å². The lowest BCUT2D eigenvalue weighted by atomic mass is 10.2. The number of carbonyl (C=O) groups is 1. The highest BCUT2D eigenvalue weighted by molar-refractivity contribution is 7.53. The summed E-state index contributed by atoms with van der Waals surface area (Å²) in [6.07, 6.45) is -0.0338. The van der Waals surface area contributed by atoms with Crippen molar-refractivity contribution < 1.29 is 23.5 Å². The first-order chi connectivity index (χ1) is 12.5. The Balaban J connectivity index is 2.34. The maximum Gasteiger partial charge on any atom is 0.385 e. The van der Waals surface area contributed by atoms with Crippen molar-refractivity contribution in [1.29, 1.82) is 0 Å². The highest BCUT2D eigenvalue weighted by Crippen LogP contribution is 2.49. The van der Waals surface area contributed by atoms with Crippen LogP contribution in [0.2, 0.25) is 0 Å². The molecule has 0 radical (unpaired) electrons. The third-order valence-corrected chi connectivity index (χ3v) is 3.96. The number of carbonyl (C=O) groups excluding carboxylic acids is 1. The zero-order valence-corrected chi connectivity index (χ0v) is 14.6. The van der Waals surface area contributed by atoms with Gasteiger partial charge in [0.1, 0.15) is 0 Å². The molecular weight excluding hydrogens is 351 g/mol. The average Bonchev–Trinajstić information content (AvgIpc) is 2.96. The molecule has 0 aromatic rings. The summed E-state index contributed by atoms with van der Waals surface area (Å²) < 4.78 is 20.7. The summed E-state index contributed by atoms with van der Waals surface area (Å²) in [7, 11) is -3.51. The van der Waals surface area contributed by atoms with Crippen molar-refractivity contribution in [2.75, 3.05) is 19.4 Å². The highest BCUT2D eigenvalue weighted by Gasteiger charge is 2.34. The van der Waals surface area contributed by atoms with Crippen LogP contribution in [0, 0.1) is 88.8 Å². The Morgan fingerprint density at radius 2 is 1.50 bits per heavy atom. The Bertz CT molecular complexity index is 1040. The summed E-state index contributed by atoms with van der Waals surface area (Å²) in [5.41, 5.74) is 0. The smallest absolute Gasteiger partial charge is 0.385 e. The molecule has 6 heteroatoms. The number of esters is 1. The van der Waals surface area contributed by atoms with Crippen molar-refractivity contribution in [3.8, 4) is 82.9 Å². The Kier molecular flexibility index (Phi) is 9.49. The first-order valence-corrected chi connectivity index (χ1v) is 8.85. The van der Waals surface area contributed by atoms with E-state index in [1.807, 2.05) is 0 Å². The van der Waals surface area contributed by atoms with Crippen LogP contribution in [0.4, 0.5) is 0 Å². The van der Waals surface area contributed by atoms with Crippen molar-refractivity contribution in [3.63, 3.8) is 0 Å². The quantitative estimate of drug-likeness (QED) is 0.333. The molecular formula is C20H11O5P. The monoisotopic (exact) mass is 362 g/mol. The van der Waals surface area contributed by atoms with Crippen LogP contribution >= 0.6 is 7.60 Å². The minimum absolute atomic E-state index is 0.0304. The van der Waals surface area contributed by atoms with Crippen LogP contribution in [0.1, 0.15) is 6.92 Å². The van der Waals surface area contributed by atoms with Crippen molar-refractivity contribution in [2.45, 2.75) is 6.92 Å². The summed E-state index contributed by atoms with van der Waals surface area (Å²) in [6, 6.07) is 0. The highest BCUT2D eigenvalue weighted by atomic mass is 31.2. The van der Waals surface area contributed by atoms with Gasteiger partial charge in [0.05, 0.1) is 19.4 Å². The zero-order valence-electron chi connectivity index (χ0n) is 13.7. The molecule has 1 heterocycles. The molecule has 0 amide bonds. The summed E-state index contributed by atoms with van der Waals surface area (Å²) in [4.78, 5) is 20.5. The van der Waals surface area contributed by atoms with Gasteiger partial charge in [0.25, 0.3) is 0 Å². The lowest BCUT2D eigenvalue weighted by molar-refractivity contribution is -0.137. The van der Waals surface area contributed by atoms with Gasteiger partial charge in [0, 0.05) is 11.8 Å². The Labute approximate surface area is 152 Å². The van der Waals surface area contributed by atoms with Gasteiger partial charge in [-0.05, 0) is 78.0 Å². The number of hydrogen-bond donors (Lipinski definition) is 1. The molecule has 2 atom stereocenters. The maximum atomic E-state index is 11.3. The second-order valence-corrected chi connectivity index (χ2v) is 6.35. The van der Waals surface area contributed by atoms with Crippen molar-refractivity contribution in [3.05, 3.63) is 0 Å². The lowest BCUT2D eigenvalue weighted by Gasteiger charge is -2.04. The Hall–Kier alpha value is -3.46. The van der Waals surface area contributed by atoms with E-state index in [0.717, 1.165) is 0 Å². The predicted octanol–water partition coefficient (Wildman–Crippen LogP) is 0.405. The minimum Gasteiger partial charge on any atom is -0.456 e. The van der Waals surface area contributed by atoms with Gasteiger partial charge >= 0.3 is 13.6 Å². The van der Waals surface area contributed by atoms with Gasteiger partial charge in [0.2, 0.25) is 0 Å². The molecule has 1 fully saturated rings. The SMILES string of the molecule is CC#CC#CC#CC#CC#CC#CC#CC(=O)OCC1COP(=O)(O)C1. The normalized spacial score (nSPS) is 18.3. The fourth-order valence-electron chi connectivity index (χ4n) is 1.44. The van der Waals surface area contributed by atoms with Gasteiger partial charge in [-0.15, -0.1) is 0 Å². The third kappa shape index (κ3) is 10.3. The van der Waals surface area contributed by atoms with Gasteiger partial charge in [-0.1, -0.05) is 5.92 Å². The molecule has 0 aromatic carbocycles. The van der Waals surface area contributed by atoms with E-state index < -0.39 is 13.6 Å². The second kappa shape index (κ2) is 12.0. The minimum atomic E-state index is -3.51. The molecule has 0 aliphatic carbocycles. The number of ether oxygens (including phenoxy) is 1. The molecule has 1 N–H and O–H groups in total. The van der Waals surface area contributed by atoms with E-state index in [9.17, 15) is 14.3 Å². The van der Waals surface area contributed by atoms with Gasteiger partial charge in [-0.2, -0.15) is 0 Å². The van der Waals surface area contributed by atoms with E-state index in [1.54, 1.807) is 6.92 Å². The van der Waals surface area contributed by atoms with Crippen LogP contribution in [0.25, 0.3) is 0 Å². The van der Waals surface area contributed by atoms with Crippen LogP contribution in [0.3, 0.4) is 0 Å². The lowest BCUT2D eigenvalue weighted by Crippen LogP contribution is -2.15. The maximum absolute atomic E-state index is 11.3. The van der Waals surface area contributed by atoms with E-state index in [1.165, 1.54) is 0 Å². The first-order valence-electron chi connectivity index (χ1n) is 7.09. The van der Waals surface area contributed by atoms with Crippen LogP contribution in [0.5, 0.6) is 0 Å². The van der Waals surface area contributed by atoms with Gasteiger partial charge in [0.15, 0.2) is 0 Å². The third-order valence-electron chi connectivity index (χ3n) is 2.43. The molecule has 26 heavy (non-hydrogen) atoms. The fraction of sp³-hybridized carbons (Fsp3) is 0.250. The summed E-state index contributed by atoms with van der Waals surface area (Å²) in [5.74, 6) is 32.9. The topological polar surface area (TPSA) is 72.8 Å². The zero-order chi connectivity index (χ0) is 19.1. The largest absolute Gasteiger partial charge is 0.456 e. The Morgan fingerprint density at radius 1 is 1.00 bits per heavy atom. The second-order valence-electron chi connectivity index (χ2n) is 4.46. The standard InChI is InChI=1S/C20H11O5P/c1-2-3-4-5-6-7-8-9-10-11-12-13-14-15-20(21)24-16-19-17-25-26(22,23)18-19/h19H,16-18H2,1H3,(H,22,23). The Morgan fingerprint density at radius 3 is 1.96 bits per heavy atom. The summed E-state index contributed by atoms with van der Waals surface area (Å²) >= 11 is 0. The van der Waals surface area contributed by atoms with E-state index in [-0.39, 0.29) is 25.3 Å². The van der Waals surface area contributed by atoms with Crippen LogP contribution < -0.4 is 0 Å². The van der Waals surface area contributed by atoms with Crippen molar-refractivity contribution in [1.82, 2.24) is 0 Å². The molecule has 1 rings (SSSR count). The van der Waals surface area contributed by atoms with Crippen molar-refractivity contribution in [2.24, 2.45) is 5.92 Å². The first kappa shape index (κ1) is 20.6. The van der Waals surface area contributed by atoms with Gasteiger partial charge in [-0.3, -0.25) is 4.57 Å². The molecule has 1 saturated heterocycles.